The molecule has 29 heavy (non-hydrogen) atoms. The molecule has 2 aromatic rings. The third-order valence-electron chi connectivity index (χ3n) is 4.35. The smallest absolute Gasteiger partial charge is 0.254 e. The number of nitrogens with zero attached hydrogens (tertiary/aromatic N) is 1. The number of rotatable bonds is 4. The molecular weight excluding hydrogens is 386 g/mol. The van der Waals surface area contributed by atoms with E-state index in [1.807, 2.05) is 39.8 Å². The van der Waals surface area contributed by atoms with E-state index in [1.165, 1.54) is 0 Å². The normalized spacial score (nSPS) is 14.8. The van der Waals surface area contributed by atoms with Gasteiger partial charge in [-0.05, 0) is 54.8 Å². The summed E-state index contributed by atoms with van der Waals surface area (Å²) in [5.74, 6) is -0.264. The number of nitrogens with two attached hydrogens (primary N) is 1. The SMILES string of the molecule is CC.CC.Nc1ccc(C(=O)N2CCCC2C(=O)NCc2ccc(Cl)cc2)cc1. The van der Waals surface area contributed by atoms with Crippen LogP contribution in [0, 0.1) is 0 Å². The summed E-state index contributed by atoms with van der Waals surface area (Å²) in [4.78, 5) is 26.9. The molecule has 1 heterocycles. The molecule has 1 saturated heterocycles. The maximum atomic E-state index is 12.7. The maximum absolute atomic E-state index is 12.7. The van der Waals surface area contributed by atoms with Crippen molar-refractivity contribution in [1.82, 2.24) is 10.2 Å². The highest BCUT2D eigenvalue weighted by molar-refractivity contribution is 6.30. The van der Waals surface area contributed by atoms with Crippen molar-refractivity contribution < 1.29 is 9.59 Å². The highest BCUT2D eigenvalue weighted by Gasteiger charge is 2.34. The minimum absolute atomic E-state index is 0.128. The number of hydrogen-bond acceptors (Lipinski definition) is 3. The van der Waals surface area contributed by atoms with Gasteiger partial charge in [0.1, 0.15) is 6.04 Å². The van der Waals surface area contributed by atoms with E-state index in [0.29, 0.717) is 35.8 Å². The van der Waals surface area contributed by atoms with Crippen LogP contribution in [0.1, 0.15) is 56.5 Å². The monoisotopic (exact) mass is 417 g/mol. The Morgan fingerprint density at radius 1 is 1.03 bits per heavy atom. The molecular formula is C23H32ClN3O2. The average Bonchev–Trinajstić information content (AvgIpc) is 3.26. The lowest BCUT2D eigenvalue weighted by molar-refractivity contribution is -0.125. The molecule has 0 radical (unpaired) electrons. The standard InChI is InChI=1S/C19H20ClN3O2.2C2H6/c20-15-7-3-13(4-8-15)12-22-18(24)17-2-1-11-23(17)19(25)14-5-9-16(21)10-6-14;2*1-2/h3-10,17H,1-2,11-12,21H2,(H,22,24);2*1-2H3. The molecule has 2 aromatic carbocycles. The van der Waals surface area contributed by atoms with Crippen molar-refractivity contribution in [2.24, 2.45) is 0 Å². The van der Waals surface area contributed by atoms with Gasteiger partial charge in [0.25, 0.3) is 5.91 Å². The van der Waals surface area contributed by atoms with Crippen LogP contribution in [-0.2, 0) is 11.3 Å². The van der Waals surface area contributed by atoms with Crippen LogP contribution in [0.5, 0.6) is 0 Å². The van der Waals surface area contributed by atoms with Crippen LogP contribution < -0.4 is 11.1 Å². The van der Waals surface area contributed by atoms with Gasteiger partial charge >= 0.3 is 0 Å². The molecule has 0 bridgehead atoms. The zero-order chi connectivity index (χ0) is 21.8. The molecule has 0 aliphatic carbocycles. The van der Waals surface area contributed by atoms with Gasteiger partial charge in [0.15, 0.2) is 0 Å². The number of nitrogens with one attached hydrogen (secondary N) is 1. The average molecular weight is 418 g/mol. The molecule has 3 rings (SSSR count). The Bertz CT molecular complexity index is 761. The molecule has 0 saturated carbocycles. The first-order valence-corrected chi connectivity index (χ1v) is 10.6. The second-order valence-corrected chi connectivity index (χ2v) is 6.56. The van der Waals surface area contributed by atoms with Gasteiger partial charge in [-0.3, -0.25) is 9.59 Å². The first-order valence-electron chi connectivity index (χ1n) is 10.2. The van der Waals surface area contributed by atoms with Crippen LogP contribution in [0.2, 0.25) is 5.02 Å². The first kappa shape index (κ1) is 24.5. The number of hydrogen-bond donors (Lipinski definition) is 2. The van der Waals surface area contributed by atoms with E-state index in [-0.39, 0.29) is 11.8 Å². The van der Waals surface area contributed by atoms with Crippen molar-refractivity contribution in [1.29, 1.82) is 0 Å². The molecule has 0 spiro atoms. The number of carbonyl (C=O) groups is 2. The fourth-order valence-corrected chi connectivity index (χ4v) is 3.11. The Kier molecular flexibility index (Phi) is 10.8. The summed E-state index contributed by atoms with van der Waals surface area (Å²) in [7, 11) is 0. The zero-order valence-corrected chi connectivity index (χ0v) is 18.5. The number of carbonyl (C=O) groups excluding carboxylic acids is 2. The van der Waals surface area contributed by atoms with Gasteiger partial charge in [-0.1, -0.05) is 51.4 Å². The second kappa shape index (κ2) is 12.8. The maximum Gasteiger partial charge on any atom is 0.254 e. The summed E-state index contributed by atoms with van der Waals surface area (Å²) >= 11 is 5.86. The van der Waals surface area contributed by atoms with E-state index in [4.69, 9.17) is 17.3 Å². The summed E-state index contributed by atoms with van der Waals surface area (Å²) in [5.41, 5.74) is 7.78. The number of likely N-dealkylation sites (tertiary alicyclic amines) is 1. The Labute approximate surface area is 179 Å². The fourth-order valence-electron chi connectivity index (χ4n) is 2.98. The quantitative estimate of drug-likeness (QED) is 0.695. The van der Waals surface area contributed by atoms with Crippen molar-refractivity contribution in [3.8, 4) is 0 Å². The molecule has 1 aliphatic heterocycles. The van der Waals surface area contributed by atoms with Gasteiger partial charge < -0.3 is 16.0 Å². The Morgan fingerprint density at radius 3 is 2.21 bits per heavy atom. The van der Waals surface area contributed by atoms with Gasteiger partial charge in [-0.2, -0.15) is 0 Å². The lowest BCUT2D eigenvalue weighted by atomic mass is 10.1. The van der Waals surface area contributed by atoms with Gasteiger partial charge in [-0.25, -0.2) is 0 Å². The topological polar surface area (TPSA) is 75.4 Å². The predicted molar refractivity (Wildman–Crippen MR) is 121 cm³/mol. The molecule has 3 N–H and O–H groups in total. The molecule has 0 aromatic heterocycles. The van der Waals surface area contributed by atoms with E-state index in [1.54, 1.807) is 41.3 Å². The lowest BCUT2D eigenvalue weighted by Crippen LogP contribution is -2.45. The van der Waals surface area contributed by atoms with Crippen LogP contribution in [0.15, 0.2) is 48.5 Å². The minimum Gasteiger partial charge on any atom is -0.399 e. The zero-order valence-electron chi connectivity index (χ0n) is 17.7. The van der Waals surface area contributed by atoms with Gasteiger partial charge in [-0.15, -0.1) is 0 Å². The molecule has 1 unspecified atom stereocenters. The van der Waals surface area contributed by atoms with Crippen molar-refractivity contribution in [3.63, 3.8) is 0 Å². The Hall–Kier alpha value is -2.53. The first-order chi connectivity index (χ1) is 14.0. The third-order valence-corrected chi connectivity index (χ3v) is 4.61. The van der Waals surface area contributed by atoms with Crippen LogP contribution in [0.25, 0.3) is 0 Å². The third kappa shape index (κ3) is 7.09. The summed E-state index contributed by atoms with van der Waals surface area (Å²) in [6, 6.07) is 13.7. The van der Waals surface area contributed by atoms with Gasteiger partial charge in [0.05, 0.1) is 0 Å². The summed E-state index contributed by atoms with van der Waals surface area (Å²) in [6.07, 6.45) is 1.49. The van der Waals surface area contributed by atoms with E-state index in [2.05, 4.69) is 5.32 Å². The molecule has 1 fully saturated rings. The number of benzene rings is 2. The number of anilines is 1. The van der Waals surface area contributed by atoms with Crippen LogP contribution in [0.4, 0.5) is 5.69 Å². The van der Waals surface area contributed by atoms with Crippen molar-refractivity contribution in [2.75, 3.05) is 12.3 Å². The van der Waals surface area contributed by atoms with E-state index in [9.17, 15) is 9.59 Å². The molecule has 6 heteroatoms. The highest BCUT2D eigenvalue weighted by atomic mass is 35.5. The number of nitrogen functional groups attached to an aromatic ring is 1. The summed E-state index contributed by atoms with van der Waals surface area (Å²) < 4.78 is 0. The van der Waals surface area contributed by atoms with E-state index < -0.39 is 6.04 Å². The van der Waals surface area contributed by atoms with Crippen LogP contribution in [0.3, 0.4) is 0 Å². The molecule has 1 aliphatic rings. The van der Waals surface area contributed by atoms with Gasteiger partial charge in [0, 0.05) is 29.4 Å². The Balaban J connectivity index is 0.000000989. The molecule has 5 nitrogen and oxygen atoms in total. The lowest BCUT2D eigenvalue weighted by Gasteiger charge is -2.24. The number of halogens is 1. The molecule has 158 valence electrons. The summed E-state index contributed by atoms with van der Waals surface area (Å²) in [5, 5.41) is 3.57. The fraction of sp³-hybridized carbons (Fsp3) is 0.391. The van der Waals surface area contributed by atoms with E-state index >= 15 is 0 Å². The minimum atomic E-state index is -0.433. The van der Waals surface area contributed by atoms with Crippen molar-refractivity contribution in [3.05, 3.63) is 64.7 Å². The van der Waals surface area contributed by atoms with Crippen molar-refractivity contribution in [2.45, 2.75) is 53.1 Å². The largest absolute Gasteiger partial charge is 0.399 e. The molecule has 2 amide bonds. The Morgan fingerprint density at radius 2 is 1.62 bits per heavy atom. The van der Waals surface area contributed by atoms with Crippen LogP contribution in [-0.4, -0.2) is 29.3 Å². The summed E-state index contributed by atoms with van der Waals surface area (Å²) in [6.45, 7) is 9.00. The van der Waals surface area contributed by atoms with E-state index in [0.717, 1.165) is 12.0 Å². The number of amides is 2. The van der Waals surface area contributed by atoms with Gasteiger partial charge in [0.2, 0.25) is 5.91 Å². The van der Waals surface area contributed by atoms with Crippen LogP contribution >= 0.6 is 11.6 Å². The molecule has 1 atom stereocenters. The van der Waals surface area contributed by atoms with Crippen molar-refractivity contribution >= 4 is 29.1 Å². The second-order valence-electron chi connectivity index (χ2n) is 6.12. The predicted octanol–water partition coefficient (Wildman–Crippen LogP) is 4.90. The highest BCUT2D eigenvalue weighted by Crippen LogP contribution is 2.21.